The minimum absolute atomic E-state index is 0.119. The zero-order chi connectivity index (χ0) is 18.0. The fraction of sp³-hybridized carbons (Fsp3) is 0.0588. The van der Waals surface area contributed by atoms with Crippen molar-refractivity contribution >= 4 is 28.6 Å². The summed E-state index contributed by atoms with van der Waals surface area (Å²) in [5, 5.41) is 14.2. The molecule has 0 atom stereocenters. The minimum Gasteiger partial charge on any atom is -0.315 e. The maximum absolute atomic E-state index is 13.0. The predicted octanol–water partition coefficient (Wildman–Crippen LogP) is 4.42. The number of benzene rings is 2. The number of amides is 1. The molecule has 0 radical (unpaired) electrons. The summed E-state index contributed by atoms with van der Waals surface area (Å²) in [6.45, 7) is 1.68. The van der Waals surface area contributed by atoms with Crippen LogP contribution in [0.4, 0.5) is 15.8 Å². The molecule has 0 fully saturated rings. The highest BCUT2D eigenvalue weighted by atomic mass is 32.1. The Morgan fingerprint density at radius 2 is 1.88 bits per heavy atom. The molecule has 0 saturated carbocycles. The van der Waals surface area contributed by atoms with Gasteiger partial charge in [0.2, 0.25) is 0 Å². The van der Waals surface area contributed by atoms with Crippen LogP contribution in [0.15, 0.2) is 48.5 Å². The summed E-state index contributed by atoms with van der Waals surface area (Å²) in [5.74, 6) is -0.830. The standard InChI is InChI=1S/C17H12FN3O3S/c1-10-15(25-17(19-10)11-6-8-12(18)9-7-11)16(22)20-13-4-2-3-5-14(13)21(23)24/h2-9H,1H3,(H,20,22). The Bertz CT molecular complexity index is 954. The number of rotatable bonds is 4. The molecule has 0 aliphatic heterocycles. The van der Waals surface area contributed by atoms with E-state index in [0.717, 1.165) is 11.3 Å². The van der Waals surface area contributed by atoms with Crippen LogP contribution < -0.4 is 5.32 Å². The van der Waals surface area contributed by atoms with Gasteiger partial charge in [0.1, 0.15) is 21.4 Å². The number of nitro groups is 1. The largest absolute Gasteiger partial charge is 0.315 e. The molecule has 0 aliphatic carbocycles. The van der Waals surface area contributed by atoms with Gasteiger partial charge in [0.05, 0.1) is 10.6 Å². The lowest BCUT2D eigenvalue weighted by Crippen LogP contribution is -2.12. The summed E-state index contributed by atoms with van der Waals surface area (Å²) in [6.07, 6.45) is 0. The van der Waals surface area contributed by atoms with E-state index >= 15 is 0 Å². The number of nitrogens with zero attached hydrogens (tertiary/aromatic N) is 2. The smallest absolute Gasteiger partial charge is 0.292 e. The number of thiazole rings is 1. The van der Waals surface area contributed by atoms with Crippen LogP contribution in [0.3, 0.4) is 0 Å². The van der Waals surface area contributed by atoms with Crippen LogP contribution in [-0.4, -0.2) is 15.8 Å². The zero-order valence-corrected chi connectivity index (χ0v) is 13.8. The fourth-order valence-corrected chi connectivity index (χ4v) is 3.21. The molecule has 2 aromatic carbocycles. The molecule has 6 nitrogen and oxygen atoms in total. The number of para-hydroxylation sites is 2. The Morgan fingerprint density at radius 1 is 1.20 bits per heavy atom. The number of hydrogen-bond donors (Lipinski definition) is 1. The molecule has 1 heterocycles. The summed E-state index contributed by atoms with van der Waals surface area (Å²) in [7, 11) is 0. The molecule has 126 valence electrons. The molecule has 0 aliphatic rings. The first kappa shape index (κ1) is 16.7. The van der Waals surface area contributed by atoms with Crippen molar-refractivity contribution in [2.75, 3.05) is 5.32 Å². The van der Waals surface area contributed by atoms with Crippen molar-refractivity contribution in [1.29, 1.82) is 0 Å². The molecule has 3 aromatic rings. The van der Waals surface area contributed by atoms with Crippen LogP contribution >= 0.6 is 11.3 Å². The third-order valence-electron chi connectivity index (χ3n) is 3.44. The molecular formula is C17H12FN3O3S. The van der Waals surface area contributed by atoms with Crippen LogP contribution in [0.1, 0.15) is 15.4 Å². The van der Waals surface area contributed by atoms with Crippen molar-refractivity contribution in [2.24, 2.45) is 0 Å². The van der Waals surface area contributed by atoms with Crippen LogP contribution in [0.5, 0.6) is 0 Å². The van der Waals surface area contributed by atoms with Gasteiger partial charge in [0, 0.05) is 11.6 Å². The monoisotopic (exact) mass is 357 g/mol. The molecule has 8 heteroatoms. The summed E-state index contributed by atoms with van der Waals surface area (Å²) >= 11 is 1.14. The lowest BCUT2D eigenvalue weighted by atomic mass is 10.2. The Morgan fingerprint density at radius 3 is 2.56 bits per heavy atom. The third-order valence-corrected chi connectivity index (χ3v) is 4.65. The van der Waals surface area contributed by atoms with Gasteiger partial charge in [0.15, 0.2) is 0 Å². The molecule has 1 N–H and O–H groups in total. The maximum atomic E-state index is 13.0. The average Bonchev–Trinajstić information content (AvgIpc) is 2.97. The topological polar surface area (TPSA) is 85.1 Å². The molecule has 0 bridgehead atoms. The number of carbonyl (C=O) groups excluding carboxylic acids is 1. The summed E-state index contributed by atoms with van der Waals surface area (Å²) in [6, 6.07) is 11.7. The van der Waals surface area contributed by atoms with Crippen molar-refractivity contribution in [3.8, 4) is 10.6 Å². The summed E-state index contributed by atoms with van der Waals surface area (Å²) < 4.78 is 13.0. The number of aryl methyl sites for hydroxylation is 1. The van der Waals surface area contributed by atoms with Crippen molar-refractivity contribution in [1.82, 2.24) is 4.98 Å². The van der Waals surface area contributed by atoms with Crippen molar-refractivity contribution < 1.29 is 14.1 Å². The van der Waals surface area contributed by atoms with Gasteiger partial charge < -0.3 is 5.32 Å². The van der Waals surface area contributed by atoms with E-state index < -0.39 is 10.8 Å². The average molecular weight is 357 g/mol. The van der Waals surface area contributed by atoms with Crippen molar-refractivity contribution in [3.63, 3.8) is 0 Å². The number of carbonyl (C=O) groups is 1. The van der Waals surface area contributed by atoms with Crippen LogP contribution in [-0.2, 0) is 0 Å². The van der Waals surface area contributed by atoms with Crippen molar-refractivity contribution in [2.45, 2.75) is 6.92 Å². The van der Waals surface area contributed by atoms with E-state index in [-0.39, 0.29) is 17.2 Å². The highest BCUT2D eigenvalue weighted by molar-refractivity contribution is 7.17. The quantitative estimate of drug-likeness (QED) is 0.553. The van der Waals surface area contributed by atoms with Crippen molar-refractivity contribution in [3.05, 3.63) is 75.0 Å². The minimum atomic E-state index is -0.556. The lowest BCUT2D eigenvalue weighted by molar-refractivity contribution is -0.383. The Hall–Kier alpha value is -3.13. The molecule has 25 heavy (non-hydrogen) atoms. The summed E-state index contributed by atoms with van der Waals surface area (Å²) in [5.41, 5.74) is 1.13. The van der Waals surface area contributed by atoms with E-state index in [9.17, 15) is 19.3 Å². The molecular weight excluding hydrogens is 345 g/mol. The first-order chi connectivity index (χ1) is 12.0. The zero-order valence-electron chi connectivity index (χ0n) is 13.0. The number of aromatic nitrogens is 1. The summed E-state index contributed by atoms with van der Waals surface area (Å²) in [4.78, 5) is 27.6. The van der Waals surface area contributed by atoms with Gasteiger partial charge in [-0.1, -0.05) is 12.1 Å². The van der Waals surface area contributed by atoms with Gasteiger partial charge in [-0.3, -0.25) is 14.9 Å². The first-order valence-electron chi connectivity index (χ1n) is 7.24. The molecule has 1 amide bonds. The molecule has 0 saturated heterocycles. The molecule has 0 unspecified atom stereocenters. The van der Waals surface area contributed by atoms with Gasteiger partial charge >= 0.3 is 0 Å². The van der Waals surface area contributed by atoms with E-state index in [1.165, 1.54) is 30.3 Å². The Balaban J connectivity index is 1.89. The SMILES string of the molecule is Cc1nc(-c2ccc(F)cc2)sc1C(=O)Nc1ccccc1[N+](=O)[O-]. The highest BCUT2D eigenvalue weighted by Gasteiger charge is 2.20. The van der Waals surface area contributed by atoms with E-state index in [1.54, 1.807) is 25.1 Å². The number of hydrogen-bond acceptors (Lipinski definition) is 5. The first-order valence-corrected chi connectivity index (χ1v) is 8.05. The predicted molar refractivity (Wildman–Crippen MR) is 93.3 cm³/mol. The number of nitrogens with one attached hydrogen (secondary N) is 1. The fourth-order valence-electron chi connectivity index (χ4n) is 2.24. The molecule has 0 spiro atoms. The van der Waals surface area contributed by atoms with Gasteiger partial charge in [0.25, 0.3) is 11.6 Å². The lowest BCUT2D eigenvalue weighted by Gasteiger charge is -2.04. The second-order valence-corrected chi connectivity index (χ2v) is 6.17. The van der Waals surface area contributed by atoms with Gasteiger partial charge in [-0.15, -0.1) is 11.3 Å². The highest BCUT2D eigenvalue weighted by Crippen LogP contribution is 2.30. The Kier molecular flexibility index (Phi) is 4.53. The van der Waals surface area contributed by atoms with E-state index in [0.29, 0.717) is 21.1 Å². The third kappa shape index (κ3) is 3.53. The van der Waals surface area contributed by atoms with Crippen LogP contribution in [0.2, 0.25) is 0 Å². The Labute approximate surface area is 146 Å². The van der Waals surface area contributed by atoms with E-state index in [1.807, 2.05) is 0 Å². The second kappa shape index (κ2) is 6.78. The van der Waals surface area contributed by atoms with Crippen LogP contribution in [0.25, 0.3) is 10.6 Å². The molecule has 3 rings (SSSR count). The number of halogens is 1. The second-order valence-electron chi connectivity index (χ2n) is 5.17. The normalized spacial score (nSPS) is 10.5. The number of anilines is 1. The van der Waals surface area contributed by atoms with Gasteiger partial charge in [-0.05, 0) is 37.3 Å². The molecule has 1 aromatic heterocycles. The van der Waals surface area contributed by atoms with Gasteiger partial charge in [-0.2, -0.15) is 0 Å². The van der Waals surface area contributed by atoms with E-state index in [2.05, 4.69) is 10.3 Å². The van der Waals surface area contributed by atoms with E-state index in [4.69, 9.17) is 0 Å². The van der Waals surface area contributed by atoms with Crippen LogP contribution in [0, 0.1) is 22.9 Å². The maximum Gasteiger partial charge on any atom is 0.292 e. The number of nitro benzene ring substituents is 1. The van der Waals surface area contributed by atoms with Gasteiger partial charge in [-0.25, -0.2) is 9.37 Å².